The Labute approximate surface area is 153 Å². The molecular weight excluding hydrogens is 354 g/mol. The zero-order chi connectivity index (χ0) is 18.5. The smallest absolute Gasteiger partial charge is 0.291 e. The van der Waals surface area contributed by atoms with Gasteiger partial charge in [0.1, 0.15) is 0 Å². The van der Waals surface area contributed by atoms with Crippen molar-refractivity contribution in [3.8, 4) is 0 Å². The highest BCUT2D eigenvalue weighted by Crippen LogP contribution is 2.24. The number of anilines is 2. The van der Waals surface area contributed by atoms with Gasteiger partial charge < -0.3 is 20.4 Å². The Morgan fingerprint density at radius 1 is 0.885 bits per heavy atom. The van der Waals surface area contributed by atoms with Gasteiger partial charge >= 0.3 is 0 Å². The molecule has 0 saturated heterocycles. The van der Waals surface area contributed by atoms with E-state index in [0.29, 0.717) is 21.1 Å². The van der Waals surface area contributed by atoms with E-state index in [1.165, 1.54) is 6.26 Å². The lowest BCUT2D eigenvalue weighted by molar-refractivity contribution is 0.0961. The molecule has 3 rings (SSSR count). The largest absolute Gasteiger partial charge is 0.459 e. The Balaban J connectivity index is 1.63. The standard InChI is InChI=1S/C18H15N3O4S/c1-19-16(22)11-4-6-12(7-5-11)20-18(24)14-8-9-15(26-14)21-17(23)13-3-2-10-25-13/h2-10H,1H3,(H,19,22)(H,20,24)(H,21,23). The number of hydrogen-bond acceptors (Lipinski definition) is 5. The molecule has 0 radical (unpaired) electrons. The Kier molecular flexibility index (Phi) is 5.14. The molecule has 2 aromatic heterocycles. The molecule has 3 amide bonds. The molecule has 0 atom stereocenters. The van der Waals surface area contributed by atoms with Crippen LogP contribution in [0.5, 0.6) is 0 Å². The number of amides is 3. The van der Waals surface area contributed by atoms with Gasteiger partial charge in [-0.05, 0) is 48.5 Å². The zero-order valence-electron chi connectivity index (χ0n) is 13.7. The molecule has 0 saturated carbocycles. The average Bonchev–Trinajstić information content (AvgIpc) is 3.33. The molecule has 3 N–H and O–H groups in total. The van der Waals surface area contributed by atoms with Gasteiger partial charge in [-0.25, -0.2) is 0 Å². The minimum absolute atomic E-state index is 0.195. The van der Waals surface area contributed by atoms with Crippen LogP contribution in [-0.2, 0) is 0 Å². The first-order chi connectivity index (χ1) is 12.6. The Morgan fingerprint density at radius 2 is 1.65 bits per heavy atom. The van der Waals surface area contributed by atoms with Crippen LogP contribution in [0, 0.1) is 0 Å². The first kappa shape index (κ1) is 17.4. The van der Waals surface area contributed by atoms with E-state index in [0.717, 1.165) is 11.3 Å². The summed E-state index contributed by atoms with van der Waals surface area (Å²) in [6, 6.07) is 13.0. The zero-order valence-corrected chi connectivity index (χ0v) is 14.6. The summed E-state index contributed by atoms with van der Waals surface area (Å²) in [4.78, 5) is 36.2. The molecule has 0 fully saturated rings. The van der Waals surface area contributed by atoms with Gasteiger partial charge in [0, 0.05) is 18.3 Å². The monoisotopic (exact) mass is 369 g/mol. The van der Waals surface area contributed by atoms with Crippen LogP contribution in [0.15, 0.2) is 59.2 Å². The second-order valence-corrected chi connectivity index (χ2v) is 6.29. The Morgan fingerprint density at radius 3 is 2.31 bits per heavy atom. The lowest BCUT2D eigenvalue weighted by Crippen LogP contribution is -2.17. The number of hydrogen-bond donors (Lipinski definition) is 3. The number of furan rings is 1. The van der Waals surface area contributed by atoms with Crippen LogP contribution < -0.4 is 16.0 Å². The van der Waals surface area contributed by atoms with Crippen LogP contribution in [0.4, 0.5) is 10.7 Å². The van der Waals surface area contributed by atoms with Gasteiger partial charge in [-0.1, -0.05) is 0 Å². The van der Waals surface area contributed by atoms with Gasteiger partial charge in [-0.2, -0.15) is 0 Å². The highest BCUT2D eigenvalue weighted by Gasteiger charge is 2.13. The SMILES string of the molecule is CNC(=O)c1ccc(NC(=O)c2ccc(NC(=O)c3ccco3)s2)cc1. The molecular formula is C18H15N3O4S. The van der Waals surface area contributed by atoms with Crippen molar-refractivity contribution in [1.82, 2.24) is 5.32 Å². The first-order valence-corrected chi connectivity index (χ1v) is 8.46. The van der Waals surface area contributed by atoms with E-state index >= 15 is 0 Å². The quantitative estimate of drug-likeness (QED) is 0.643. The second-order valence-electron chi connectivity index (χ2n) is 5.21. The molecule has 3 aromatic rings. The number of benzene rings is 1. The van der Waals surface area contributed by atoms with Crippen LogP contribution in [0.25, 0.3) is 0 Å². The number of rotatable bonds is 5. The minimum atomic E-state index is -0.381. The second kappa shape index (κ2) is 7.66. The van der Waals surface area contributed by atoms with Gasteiger partial charge in [0.25, 0.3) is 17.7 Å². The molecule has 2 heterocycles. The average molecular weight is 369 g/mol. The van der Waals surface area contributed by atoms with E-state index in [1.807, 2.05) is 0 Å². The van der Waals surface area contributed by atoms with E-state index in [-0.39, 0.29) is 23.5 Å². The summed E-state index contributed by atoms with van der Waals surface area (Å²) in [7, 11) is 1.55. The van der Waals surface area contributed by atoms with E-state index in [4.69, 9.17) is 4.42 Å². The normalized spacial score (nSPS) is 10.2. The summed E-state index contributed by atoms with van der Waals surface area (Å²) in [5.41, 5.74) is 1.07. The van der Waals surface area contributed by atoms with Crippen LogP contribution in [0.1, 0.15) is 30.6 Å². The van der Waals surface area contributed by atoms with Crippen molar-refractivity contribution in [2.24, 2.45) is 0 Å². The van der Waals surface area contributed by atoms with Crippen LogP contribution in [0.3, 0.4) is 0 Å². The maximum atomic E-state index is 12.3. The van der Waals surface area contributed by atoms with Crippen molar-refractivity contribution < 1.29 is 18.8 Å². The fraction of sp³-hybridized carbons (Fsp3) is 0.0556. The third kappa shape index (κ3) is 3.98. The maximum absolute atomic E-state index is 12.3. The number of thiophene rings is 1. The Bertz CT molecular complexity index is 930. The molecule has 0 spiro atoms. The van der Waals surface area contributed by atoms with Gasteiger partial charge in [0.2, 0.25) is 0 Å². The highest BCUT2D eigenvalue weighted by molar-refractivity contribution is 7.18. The summed E-state index contributed by atoms with van der Waals surface area (Å²) in [5, 5.41) is 8.48. The van der Waals surface area contributed by atoms with Gasteiger partial charge in [0.05, 0.1) is 16.1 Å². The molecule has 7 nitrogen and oxygen atoms in total. The summed E-state index contributed by atoms with van der Waals surface area (Å²) in [5.74, 6) is -0.687. The molecule has 0 bridgehead atoms. The number of carbonyl (C=O) groups is 3. The molecule has 1 aromatic carbocycles. The van der Waals surface area contributed by atoms with Crippen molar-refractivity contribution >= 4 is 39.7 Å². The third-order valence-electron chi connectivity index (χ3n) is 3.44. The molecule has 132 valence electrons. The molecule has 0 aliphatic heterocycles. The van der Waals surface area contributed by atoms with Gasteiger partial charge in [-0.15, -0.1) is 11.3 Å². The minimum Gasteiger partial charge on any atom is -0.459 e. The van der Waals surface area contributed by atoms with Crippen molar-refractivity contribution in [2.75, 3.05) is 17.7 Å². The molecule has 26 heavy (non-hydrogen) atoms. The van der Waals surface area contributed by atoms with E-state index in [1.54, 1.807) is 55.6 Å². The van der Waals surface area contributed by atoms with Crippen molar-refractivity contribution in [3.05, 3.63) is 71.0 Å². The van der Waals surface area contributed by atoms with Crippen LogP contribution >= 0.6 is 11.3 Å². The maximum Gasteiger partial charge on any atom is 0.291 e. The lowest BCUT2D eigenvalue weighted by Gasteiger charge is -2.05. The number of carbonyl (C=O) groups excluding carboxylic acids is 3. The molecule has 0 unspecified atom stereocenters. The van der Waals surface area contributed by atoms with Gasteiger partial charge in [0.15, 0.2) is 5.76 Å². The summed E-state index contributed by atoms with van der Waals surface area (Å²) >= 11 is 1.15. The summed E-state index contributed by atoms with van der Waals surface area (Å²) in [6.45, 7) is 0. The van der Waals surface area contributed by atoms with E-state index < -0.39 is 0 Å². The topological polar surface area (TPSA) is 100 Å². The van der Waals surface area contributed by atoms with Crippen LogP contribution in [-0.4, -0.2) is 24.8 Å². The molecule has 8 heteroatoms. The van der Waals surface area contributed by atoms with E-state index in [9.17, 15) is 14.4 Å². The summed E-state index contributed by atoms with van der Waals surface area (Å²) in [6.07, 6.45) is 1.41. The van der Waals surface area contributed by atoms with Crippen molar-refractivity contribution in [3.63, 3.8) is 0 Å². The van der Waals surface area contributed by atoms with Gasteiger partial charge in [-0.3, -0.25) is 14.4 Å². The fourth-order valence-corrected chi connectivity index (χ4v) is 2.95. The predicted molar refractivity (Wildman–Crippen MR) is 98.8 cm³/mol. The summed E-state index contributed by atoms with van der Waals surface area (Å²) < 4.78 is 5.02. The predicted octanol–water partition coefficient (Wildman–Crippen LogP) is 3.21. The Hall–Kier alpha value is -3.39. The molecule has 0 aliphatic carbocycles. The fourth-order valence-electron chi connectivity index (χ4n) is 2.15. The van der Waals surface area contributed by atoms with Crippen LogP contribution in [0.2, 0.25) is 0 Å². The van der Waals surface area contributed by atoms with Crippen molar-refractivity contribution in [2.45, 2.75) is 0 Å². The third-order valence-corrected chi connectivity index (χ3v) is 4.44. The van der Waals surface area contributed by atoms with Crippen molar-refractivity contribution in [1.29, 1.82) is 0 Å². The van der Waals surface area contributed by atoms with E-state index in [2.05, 4.69) is 16.0 Å². The lowest BCUT2D eigenvalue weighted by atomic mass is 10.2. The highest BCUT2D eigenvalue weighted by atomic mass is 32.1. The number of nitrogens with one attached hydrogen (secondary N) is 3. The first-order valence-electron chi connectivity index (χ1n) is 7.65. The molecule has 0 aliphatic rings.